The summed E-state index contributed by atoms with van der Waals surface area (Å²) in [6, 6.07) is 0. The predicted octanol–water partition coefficient (Wildman–Crippen LogP) is -0.233. The fourth-order valence-electron chi connectivity index (χ4n) is 1.56. The molecule has 0 aliphatic rings. The Morgan fingerprint density at radius 2 is 1.44 bits per heavy atom. The molecule has 4 heteroatoms. The van der Waals surface area contributed by atoms with E-state index in [9.17, 15) is 5.11 Å². The van der Waals surface area contributed by atoms with Gasteiger partial charge >= 0.3 is 18.9 Å². The molecule has 0 aliphatic heterocycles. The average molecular weight is 236 g/mol. The van der Waals surface area contributed by atoms with Crippen molar-refractivity contribution in [2.45, 2.75) is 53.4 Å². The Bertz CT molecular complexity index is 212. The Hall–Kier alpha value is 0.154. The van der Waals surface area contributed by atoms with Crippen molar-refractivity contribution in [2.75, 3.05) is 0 Å². The molecule has 0 aromatic carbocycles. The molecular formula is C12H25LiO2Si. The van der Waals surface area contributed by atoms with Crippen LogP contribution in [0.5, 0.6) is 0 Å². The molecule has 0 bridgehead atoms. The zero-order valence-electron chi connectivity index (χ0n) is 12.1. The van der Waals surface area contributed by atoms with E-state index in [0.717, 1.165) is 0 Å². The summed E-state index contributed by atoms with van der Waals surface area (Å²) < 4.78 is 5.49. The summed E-state index contributed by atoms with van der Waals surface area (Å²) in [7, 11) is -1.46. The zero-order chi connectivity index (χ0) is 12.2. The molecule has 0 aliphatic carbocycles. The Balaban J connectivity index is 0. The van der Waals surface area contributed by atoms with Crippen molar-refractivity contribution < 1.29 is 28.7 Å². The first-order chi connectivity index (χ1) is 6.63. The van der Waals surface area contributed by atoms with Gasteiger partial charge in [0.25, 0.3) is 0 Å². The molecule has 0 saturated heterocycles. The fourth-order valence-corrected chi connectivity index (χ4v) is 2.34. The van der Waals surface area contributed by atoms with Gasteiger partial charge in [0, 0.05) is 12.0 Å². The molecule has 0 aromatic heterocycles. The maximum atomic E-state index is 11.6. The van der Waals surface area contributed by atoms with Crippen molar-refractivity contribution >= 4 is 8.07 Å². The Morgan fingerprint density at radius 1 is 1.06 bits per heavy atom. The minimum absolute atomic E-state index is 0. The molecule has 0 aromatic rings. The summed E-state index contributed by atoms with van der Waals surface area (Å²) >= 11 is 0. The normalized spacial score (nSPS) is 13.2. The molecule has 0 N–H and O–H groups in total. The number of rotatable bonds is 5. The smallest absolute Gasteiger partial charge is 0.610 e. The van der Waals surface area contributed by atoms with Crippen molar-refractivity contribution in [3.05, 3.63) is 11.6 Å². The Kier molecular flexibility index (Phi) is 8.65. The van der Waals surface area contributed by atoms with E-state index in [1.54, 1.807) is 5.70 Å². The standard InChI is InChI=1S/C12H26O2Si.Li/c1-9(2)12(10(3)4)14-11(13)8-15(5,6)7;/h8-10,12-13H,1-7H3;/q;+1/p-1/b11-8+;. The molecule has 0 unspecified atom stereocenters. The maximum absolute atomic E-state index is 11.6. The van der Waals surface area contributed by atoms with Gasteiger partial charge in [-0.2, -0.15) is 0 Å². The van der Waals surface area contributed by atoms with Gasteiger partial charge in [0.05, 0.1) is 8.07 Å². The zero-order valence-corrected chi connectivity index (χ0v) is 13.1. The van der Waals surface area contributed by atoms with Crippen LogP contribution in [-0.4, -0.2) is 14.2 Å². The van der Waals surface area contributed by atoms with E-state index in [0.29, 0.717) is 11.8 Å². The minimum Gasteiger partial charge on any atom is -0.610 e. The predicted molar refractivity (Wildman–Crippen MR) is 66.0 cm³/mol. The van der Waals surface area contributed by atoms with Crippen LogP contribution in [0.25, 0.3) is 0 Å². The molecule has 90 valence electrons. The van der Waals surface area contributed by atoms with Crippen LogP contribution in [0.2, 0.25) is 19.6 Å². The number of ether oxygens (including phenoxy) is 1. The van der Waals surface area contributed by atoms with Crippen LogP contribution >= 0.6 is 0 Å². The summed E-state index contributed by atoms with van der Waals surface area (Å²) in [5.74, 6) is 0.620. The van der Waals surface area contributed by atoms with Gasteiger partial charge in [-0.3, -0.25) is 0 Å². The molecule has 0 fully saturated rings. The van der Waals surface area contributed by atoms with Gasteiger partial charge in [-0.25, -0.2) is 0 Å². The van der Waals surface area contributed by atoms with Crippen LogP contribution in [0.1, 0.15) is 27.7 Å². The summed E-state index contributed by atoms with van der Waals surface area (Å²) in [6.45, 7) is 14.8. The van der Waals surface area contributed by atoms with E-state index in [2.05, 4.69) is 47.3 Å². The van der Waals surface area contributed by atoms with Crippen molar-refractivity contribution in [1.82, 2.24) is 0 Å². The Labute approximate surface area is 114 Å². The van der Waals surface area contributed by atoms with Crippen LogP contribution in [-0.2, 0) is 4.74 Å². The SMILES string of the molecule is CC(C)C(O/C([O-])=C/[Si](C)(C)C)C(C)C.[Li+]. The average Bonchev–Trinajstić information content (AvgIpc) is 1.95. The first kappa shape index (κ1) is 18.5. The molecule has 0 radical (unpaired) electrons. The van der Waals surface area contributed by atoms with Gasteiger partial charge in [-0.15, -0.1) is 0 Å². The third-order valence-corrected chi connectivity index (χ3v) is 3.22. The van der Waals surface area contributed by atoms with E-state index >= 15 is 0 Å². The van der Waals surface area contributed by atoms with Crippen molar-refractivity contribution in [3.63, 3.8) is 0 Å². The second-order valence-corrected chi connectivity index (χ2v) is 10.9. The molecule has 0 heterocycles. The molecule has 0 rings (SSSR count). The van der Waals surface area contributed by atoms with Crippen molar-refractivity contribution in [2.24, 2.45) is 11.8 Å². The second-order valence-electron chi connectivity index (χ2n) is 5.90. The van der Waals surface area contributed by atoms with Crippen LogP contribution < -0.4 is 24.0 Å². The van der Waals surface area contributed by atoms with Crippen molar-refractivity contribution in [3.8, 4) is 0 Å². The molecule has 0 atom stereocenters. The van der Waals surface area contributed by atoms with E-state index < -0.39 is 8.07 Å². The molecule has 0 spiro atoms. The first-order valence-electron chi connectivity index (χ1n) is 5.70. The maximum Gasteiger partial charge on any atom is 1.00 e. The van der Waals surface area contributed by atoms with E-state index in [-0.39, 0.29) is 30.9 Å². The van der Waals surface area contributed by atoms with Crippen LogP contribution in [0.4, 0.5) is 0 Å². The summed E-state index contributed by atoms with van der Waals surface area (Å²) in [5, 5.41) is 11.6. The third-order valence-electron chi connectivity index (χ3n) is 2.12. The molecule has 2 nitrogen and oxygen atoms in total. The monoisotopic (exact) mass is 236 g/mol. The Morgan fingerprint density at radius 3 is 1.69 bits per heavy atom. The van der Waals surface area contributed by atoms with Gasteiger partial charge in [-0.05, 0) is 11.8 Å². The topological polar surface area (TPSA) is 32.3 Å². The molecular weight excluding hydrogens is 211 g/mol. The van der Waals surface area contributed by atoms with Crippen LogP contribution in [0, 0.1) is 11.8 Å². The van der Waals surface area contributed by atoms with Gasteiger partial charge in [-0.1, -0.05) is 53.0 Å². The van der Waals surface area contributed by atoms with E-state index in [1.165, 1.54) is 0 Å². The largest absolute Gasteiger partial charge is 1.00 e. The van der Waals surface area contributed by atoms with Gasteiger partial charge in [0.2, 0.25) is 0 Å². The minimum atomic E-state index is -1.46. The molecule has 0 saturated carbocycles. The van der Waals surface area contributed by atoms with E-state index in [4.69, 9.17) is 4.74 Å². The fraction of sp³-hybridized carbons (Fsp3) is 0.833. The third kappa shape index (κ3) is 8.32. The number of hydrogen-bond donors (Lipinski definition) is 0. The van der Waals surface area contributed by atoms with E-state index in [1.807, 2.05) is 0 Å². The van der Waals surface area contributed by atoms with Crippen LogP contribution in [0.3, 0.4) is 0 Å². The second kappa shape index (κ2) is 7.47. The van der Waals surface area contributed by atoms with Crippen molar-refractivity contribution in [1.29, 1.82) is 0 Å². The van der Waals surface area contributed by atoms with Crippen LogP contribution in [0.15, 0.2) is 11.6 Å². The van der Waals surface area contributed by atoms with Gasteiger partial charge in [0.1, 0.15) is 0 Å². The molecule has 0 amide bonds. The summed E-state index contributed by atoms with van der Waals surface area (Å²) in [6.07, 6.45) is 0.0325. The van der Waals surface area contributed by atoms with Gasteiger partial charge in [0.15, 0.2) is 0 Å². The summed E-state index contributed by atoms with van der Waals surface area (Å²) in [4.78, 5) is 0. The van der Waals surface area contributed by atoms with Gasteiger partial charge < -0.3 is 9.84 Å². The summed E-state index contributed by atoms with van der Waals surface area (Å²) in [5.41, 5.74) is 1.78. The molecule has 16 heavy (non-hydrogen) atoms. The first-order valence-corrected chi connectivity index (χ1v) is 9.27. The number of hydrogen-bond acceptors (Lipinski definition) is 2. The quantitative estimate of drug-likeness (QED) is 0.488.